The maximum absolute atomic E-state index is 11.8. The Kier molecular flexibility index (Phi) is 3.50. The minimum Gasteiger partial charge on any atom is -0.506 e. The highest BCUT2D eigenvalue weighted by Gasteiger charge is 2.23. The first kappa shape index (κ1) is 12.4. The molecule has 0 heterocycles. The van der Waals surface area contributed by atoms with E-state index in [0.29, 0.717) is 0 Å². The SMILES string of the molecule is O=C(O)c1ccc(NC(=O)C2CCCC2)c(O)c1. The molecule has 5 nitrogen and oxygen atoms in total. The topological polar surface area (TPSA) is 86.6 Å². The maximum Gasteiger partial charge on any atom is 0.335 e. The third-order valence-electron chi connectivity index (χ3n) is 3.23. The average Bonchev–Trinajstić information content (AvgIpc) is 2.85. The molecule has 1 aromatic rings. The Hall–Kier alpha value is -2.04. The van der Waals surface area contributed by atoms with Gasteiger partial charge in [0, 0.05) is 5.92 Å². The van der Waals surface area contributed by atoms with Crippen molar-refractivity contribution in [2.24, 2.45) is 5.92 Å². The van der Waals surface area contributed by atoms with Crippen LogP contribution in [0, 0.1) is 5.92 Å². The van der Waals surface area contributed by atoms with Gasteiger partial charge in [0.1, 0.15) is 5.75 Å². The minimum absolute atomic E-state index is 0.00329. The van der Waals surface area contributed by atoms with Crippen molar-refractivity contribution in [2.75, 3.05) is 5.32 Å². The van der Waals surface area contributed by atoms with Gasteiger partial charge in [-0.1, -0.05) is 12.8 Å². The van der Waals surface area contributed by atoms with E-state index in [4.69, 9.17) is 5.11 Å². The molecule has 2 rings (SSSR count). The number of carbonyl (C=O) groups excluding carboxylic acids is 1. The van der Waals surface area contributed by atoms with Gasteiger partial charge in [-0.05, 0) is 31.0 Å². The number of aromatic hydroxyl groups is 1. The highest BCUT2D eigenvalue weighted by molar-refractivity contribution is 5.95. The molecule has 0 unspecified atom stereocenters. The summed E-state index contributed by atoms with van der Waals surface area (Å²) in [6.07, 6.45) is 3.86. The van der Waals surface area contributed by atoms with Gasteiger partial charge in [-0.3, -0.25) is 4.79 Å². The Bertz CT molecular complexity index is 478. The van der Waals surface area contributed by atoms with Crippen LogP contribution in [0.2, 0.25) is 0 Å². The van der Waals surface area contributed by atoms with Gasteiger partial charge in [-0.2, -0.15) is 0 Å². The Morgan fingerprint density at radius 1 is 1.22 bits per heavy atom. The molecule has 1 aromatic carbocycles. The number of hydrogen-bond acceptors (Lipinski definition) is 3. The molecule has 0 saturated heterocycles. The first-order chi connectivity index (χ1) is 8.58. The van der Waals surface area contributed by atoms with Gasteiger partial charge >= 0.3 is 5.97 Å². The number of carboxylic acids is 1. The molecule has 0 aliphatic heterocycles. The van der Waals surface area contributed by atoms with Crippen molar-refractivity contribution in [1.82, 2.24) is 0 Å². The van der Waals surface area contributed by atoms with E-state index in [1.807, 2.05) is 0 Å². The highest BCUT2D eigenvalue weighted by Crippen LogP contribution is 2.29. The Labute approximate surface area is 104 Å². The van der Waals surface area contributed by atoms with Crippen LogP contribution in [0.15, 0.2) is 18.2 Å². The van der Waals surface area contributed by atoms with E-state index < -0.39 is 5.97 Å². The average molecular weight is 249 g/mol. The Balaban J connectivity index is 2.09. The van der Waals surface area contributed by atoms with Crippen molar-refractivity contribution in [2.45, 2.75) is 25.7 Å². The number of carboxylic acid groups (broad SMARTS) is 1. The molecule has 3 N–H and O–H groups in total. The lowest BCUT2D eigenvalue weighted by Gasteiger charge is -2.11. The standard InChI is InChI=1S/C13H15NO4/c15-11-7-9(13(17)18)5-6-10(11)14-12(16)8-3-1-2-4-8/h5-8,15H,1-4H2,(H,14,16)(H,17,18). The minimum atomic E-state index is -1.11. The number of nitrogens with one attached hydrogen (secondary N) is 1. The third-order valence-corrected chi connectivity index (χ3v) is 3.23. The predicted octanol–water partition coefficient (Wildman–Crippen LogP) is 2.22. The Morgan fingerprint density at radius 2 is 1.89 bits per heavy atom. The second kappa shape index (κ2) is 5.08. The first-order valence-electron chi connectivity index (χ1n) is 5.95. The normalized spacial score (nSPS) is 15.6. The second-order valence-corrected chi connectivity index (χ2v) is 4.51. The van der Waals surface area contributed by atoms with Gasteiger partial charge in [-0.25, -0.2) is 4.79 Å². The van der Waals surface area contributed by atoms with E-state index in [1.54, 1.807) is 0 Å². The molecule has 96 valence electrons. The van der Waals surface area contributed by atoms with Crippen molar-refractivity contribution < 1.29 is 19.8 Å². The smallest absolute Gasteiger partial charge is 0.335 e. The quantitative estimate of drug-likeness (QED) is 0.717. The number of hydrogen-bond donors (Lipinski definition) is 3. The number of benzene rings is 1. The van der Waals surface area contributed by atoms with E-state index in [1.165, 1.54) is 12.1 Å². The number of anilines is 1. The molecule has 1 amide bonds. The summed E-state index contributed by atoms with van der Waals surface area (Å²) in [6, 6.07) is 3.89. The third kappa shape index (κ3) is 2.61. The number of phenolic OH excluding ortho intramolecular Hbond substituents is 1. The zero-order chi connectivity index (χ0) is 13.1. The molecule has 1 aliphatic carbocycles. The summed E-state index contributed by atoms with van der Waals surface area (Å²) in [5.41, 5.74) is 0.253. The van der Waals surface area contributed by atoms with Gasteiger partial charge in [0.05, 0.1) is 11.3 Å². The molecular formula is C13H15NO4. The summed E-state index contributed by atoms with van der Waals surface area (Å²) in [6.45, 7) is 0. The fourth-order valence-electron chi connectivity index (χ4n) is 2.19. The van der Waals surface area contributed by atoms with E-state index in [0.717, 1.165) is 31.7 Å². The summed E-state index contributed by atoms with van der Waals surface area (Å²) < 4.78 is 0. The lowest BCUT2D eigenvalue weighted by molar-refractivity contribution is -0.119. The van der Waals surface area contributed by atoms with Crippen LogP contribution in [-0.2, 0) is 4.79 Å². The molecule has 1 fully saturated rings. The Morgan fingerprint density at radius 3 is 2.44 bits per heavy atom. The number of aromatic carboxylic acids is 1. The van der Waals surface area contributed by atoms with Crippen molar-refractivity contribution in [1.29, 1.82) is 0 Å². The molecule has 18 heavy (non-hydrogen) atoms. The molecular weight excluding hydrogens is 234 g/mol. The van der Waals surface area contributed by atoms with Crippen LogP contribution in [0.1, 0.15) is 36.0 Å². The van der Waals surface area contributed by atoms with Gasteiger partial charge in [-0.15, -0.1) is 0 Å². The van der Waals surface area contributed by atoms with Crippen molar-refractivity contribution in [3.63, 3.8) is 0 Å². The van der Waals surface area contributed by atoms with Crippen molar-refractivity contribution in [3.05, 3.63) is 23.8 Å². The second-order valence-electron chi connectivity index (χ2n) is 4.51. The zero-order valence-electron chi connectivity index (χ0n) is 9.85. The van der Waals surface area contributed by atoms with Crippen molar-refractivity contribution >= 4 is 17.6 Å². The largest absolute Gasteiger partial charge is 0.506 e. The van der Waals surface area contributed by atoms with Gasteiger partial charge in [0.2, 0.25) is 5.91 Å². The van der Waals surface area contributed by atoms with Crippen LogP contribution in [-0.4, -0.2) is 22.1 Å². The van der Waals surface area contributed by atoms with E-state index >= 15 is 0 Å². The number of phenols is 1. The molecule has 1 saturated carbocycles. The molecule has 0 bridgehead atoms. The fraction of sp³-hybridized carbons (Fsp3) is 0.385. The monoisotopic (exact) mass is 249 g/mol. The summed E-state index contributed by atoms with van der Waals surface area (Å²) in [5.74, 6) is -1.44. The van der Waals surface area contributed by atoms with Crippen LogP contribution >= 0.6 is 0 Å². The summed E-state index contributed by atoms with van der Waals surface area (Å²) in [5, 5.41) is 21.0. The molecule has 0 aromatic heterocycles. The lowest BCUT2D eigenvalue weighted by atomic mass is 10.1. The molecule has 0 atom stereocenters. The van der Waals surface area contributed by atoms with Crippen molar-refractivity contribution in [3.8, 4) is 5.75 Å². The highest BCUT2D eigenvalue weighted by atomic mass is 16.4. The summed E-state index contributed by atoms with van der Waals surface area (Å²) in [7, 11) is 0. The first-order valence-corrected chi connectivity index (χ1v) is 5.95. The van der Waals surface area contributed by atoms with Gasteiger partial charge in [0.15, 0.2) is 0 Å². The van der Waals surface area contributed by atoms with Crippen LogP contribution < -0.4 is 5.32 Å². The van der Waals surface area contributed by atoms with E-state index in [2.05, 4.69) is 5.32 Å². The lowest BCUT2D eigenvalue weighted by Crippen LogP contribution is -2.20. The molecule has 0 spiro atoms. The van der Waals surface area contributed by atoms with Crippen LogP contribution in [0.25, 0.3) is 0 Å². The van der Waals surface area contributed by atoms with E-state index in [-0.39, 0.29) is 28.8 Å². The van der Waals surface area contributed by atoms with Gasteiger partial charge < -0.3 is 15.5 Å². The van der Waals surface area contributed by atoms with Crippen LogP contribution in [0.4, 0.5) is 5.69 Å². The summed E-state index contributed by atoms with van der Waals surface area (Å²) in [4.78, 5) is 22.5. The number of rotatable bonds is 3. The van der Waals surface area contributed by atoms with Gasteiger partial charge in [0.25, 0.3) is 0 Å². The van der Waals surface area contributed by atoms with Crippen LogP contribution in [0.3, 0.4) is 0 Å². The predicted molar refractivity (Wildman–Crippen MR) is 65.7 cm³/mol. The summed E-state index contributed by atoms with van der Waals surface area (Å²) >= 11 is 0. The van der Waals surface area contributed by atoms with Crippen LogP contribution in [0.5, 0.6) is 5.75 Å². The number of amides is 1. The molecule has 1 aliphatic rings. The fourth-order valence-corrected chi connectivity index (χ4v) is 2.19. The maximum atomic E-state index is 11.8. The molecule has 0 radical (unpaired) electrons. The molecule has 5 heteroatoms. The zero-order valence-corrected chi connectivity index (χ0v) is 9.85. The number of carbonyl (C=O) groups is 2. The van der Waals surface area contributed by atoms with E-state index in [9.17, 15) is 14.7 Å².